The fraction of sp³-hybridized carbons (Fsp3) is 0.111. The van der Waals surface area contributed by atoms with E-state index >= 15 is 0 Å². The van der Waals surface area contributed by atoms with Crippen molar-refractivity contribution in [3.63, 3.8) is 0 Å². The lowest BCUT2D eigenvalue weighted by Gasteiger charge is -2.03. The highest BCUT2D eigenvalue weighted by Crippen LogP contribution is 2.03. The van der Waals surface area contributed by atoms with Gasteiger partial charge in [0, 0.05) is 0 Å². The Labute approximate surface area is 75.5 Å². The normalized spacial score (nSPS) is 7.92. The van der Waals surface area contributed by atoms with Crippen LogP contribution >= 0.6 is 0 Å². The monoisotopic (exact) mass is 178 g/mol. The van der Waals surface area contributed by atoms with Crippen molar-refractivity contribution in [1.82, 2.24) is 0 Å². The molecule has 13 heavy (non-hydrogen) atoms. The fourth-order valence-electron chi connectivity index (χ4n) is 0.532. The maximum atomic E-state index is 10.9. The quantitative estimate of drug-likeness (QED) is 0.265. The van der Waals surface area contributed by atoms with Gasteiger partial charge < -0.3 is 9.47 Å². The summed E-state index contributed by atoms with van der Waals surface area (Å²) in [6, 6.07) is 0. The van der Waals surface area contributed by atoms with E-state index in [1.165, 1.54) is 0 Å². The molecule has 66 valence electrons. The molecule has 0 aliphatic rings. The lowest BCUT2D eigenvalue weighted by Crippen LogP contribution is -2.23. The SMILES string of the molecule is C#COC(=O)C(C=C)C(=O)OC#C. The Morgan fingerprint density at radius 1 is 1.23 bits per heavy atom. The maximum absolute atomic E-state index is 10.9. The topological polar surface area (TPSA) is 52.6 Å². The second kappa shape index (κ2) is 5.45. The van der Waals surface area contributed by atoms with Crippen molar-refractivity contribution in [2.24, 2.45) is 5.92 Å². The molecule has 0 amide bonds. The van der Waals surface area contributed by atoms with Crippen molar-refractivity contribution < 1.29 is 19.1 Å². The average Bonchev–Trinajstić information content (AvgIpc) is 2.06. The predicted octanol–water partition coefficient (Wildman–Crippen LogP) is 0.0564. The third-order valence-electron chi connectivity index (χ3n) is 1.06. The van der Waals surface area contributed by atoms with Crippen LogP contribution in [0.4, 0.5) is 0 Å². The summed E-state index contributed by atoms with van der Waals surface area (Å²) >= 11 is 0. The van der Waals surface area contributed by atoms with Crippen LogP contribution in [0.2, 0.25) is 0 Å². The molecule has 0 atom stereocenters. The first-order valence-corrected chi connectivity index (χ1v) is 3.12. The van der Waals surface area contributed by atoms with Crippen molar-refractivity contribution in [2.75, 3.05) is 0 Å². The van der Waals surface area contributed by atoms with E-state index in [4.69, 9.17) is 0 Å². The molecule has 0 N–H and O–H groups in total. The highest BCUT2D eigenvalue weighted by Gasteiger charge is 2.26. The van der Waals surface area contributed by atoms with E-state index in [1.807, 2.05) is 0 Å². The lowest BCUT2D eigenvalue weighted by molar-refractivity contribution is -0.151. The Morgan fingerprint density at radius 3 is 1.85 bits per heavy atom. The average molecular weight is 178 g/mol. The van der Waals surface area contributed by atoms with Gasteiger partial charge in [-0.3, -0.25) is 0 Å². The number of ether oxygens (including phenoxy) is 2. The molecule has 0 aromatic heterocycles. The summed E-state index contributed by atoms with van der Waals surface area (Å²) in [6.45, 7) is 3.23. The summed E-state index contributed by atoms with van der Waals surface area (Å²) in [7, 11) is 0. The van der Waals surface area contributed by atoms with Crippen LogP contribution in [-0.2, 0) is 19.1 Å². The predicted molar refractivity (Wildman–Crippen MR) is 43.5 cm³/mol. The van der Waals surface area contributed by atoms with Crippen molar-refractivity contribution in [2.45, 2.75) is 0 Å². The molecule has 0 saturated carbocycles. The number of carbonyl (C=O) groups is 2. The van der Waals surface area contributed by atoms with Crippen LogP contribution in [0, 0.1) is 31.0 Å². The first-order chi connectivity index (χ1) is 6.17. The molecule has 0 unspecified atom stereocenters. The highest BCUT2D eigenvalue weighted by molar-refractivity contribution is 5.97. The van der Waals surface area contributed by atoms with Gasteiger partial charge in [-0.25, -0.2) is 9.59 Å². The molecular formula is C9H6O4. The molecule has 0 aromatic rings. The van der Waals surface area contributed by atoms with Gasteiger partial charge in [-0.1, -0.05) is 18.9 Å². The van der Waals surface area contributed by atoms with Gasteiger partial charge in [-0.15, -0.1) is 6.58 Å². The minimum Gasteiger partial charge on any atom is -0.372 e. The number of terminal acetylenes is 2. The smallest absolute Gasteiger partial charge is 0.338 e. The van der Waals surface area contributed by atoms with E-state index in [2.05, 4.69) is 28.9 Å². The molecule has 0 spiro atoms. The van der Waals surface area contributed by atoms with Crippen LogP contribution in [0.15, 0.2) is 12.7 Å². The third kappa shape index (κ3) is 3.13. The standard InChI is InChI=1S/C9H6O4/c1-4-7(8(10)12-5-2)9(11)13-6-3/h2-4,7H,1H2. The molecule has 0 saturated heterocycles. The van der Waals surface area contributed by atoms with Gasteiger partial charge in [0.2, 0.25) is 0 Å². The molecule has 0 bridgehead atoms. The number of esters is 2. The number of hydrogen-bond donors (Lipinski definition) is 0. The lowest BCUT2D eigenvalue weighted by atomic mass is 10.1. The Kier molecular flexibility index (Phi) is 4.53. The summed E-state index contributed by atoms with van der Waals surface area (Å²) in [4.78, 5) is 21.8. The summed E-state index contributed by atoms with van der Waals surface area (Å²) in [5.74, 6) is -3.18. The van der Waals surface area contributed by atoms with Gasteiger partial charge in [-0.2, -0.15) is 0 Å². The second-order valence-electron chi connectivity index (χ2n) is 1.79. The van der Waals surface area contributed by atoms with Gasteiger partial charge in [0.15, 0.2) is 5.92 Å². The Balaban J connectivity index is 4.45. The molecular weight excluding hydrogens is 172 g/mol. The Hall–Kier alpha value is -2.20. The summed E-state index contributed by atoms with van der Waals surface area (Å²) in [6.07, 6.45) is 13.6. The van der Waals surface area contributed by atoms with Crippen LogP contribution < -0.4 is 0 Å². The summed E-state index contributed by atoms with van der Waals surface area (Å²) in [5, 5.41) is 0. The summed E-state index contributed by atoms with van der Waals surface area (Å²) < 4.78 is 8.22. The van der Waals surface area contributed by atoms with Gasteiger partial charge in [-0.05, 0) is 0 Å². The van der Waals surface area contributed by atoms with Gasteiger partial charge in [0.05, 0.1) is 0 Å². The van der Waals surface area contributed by atoms with Crippen molar-refractivity contribution in [1.29, 1.82) is 0 Å². The molecule has 0 aliphatic carbocycles. The number of rotatable bonds is 3. The van der Waals surface area contributed by atoms with Crippen LogP contribution in [-0.4, -0.2) is 11.9 Å². The van der Waals surface area contributed by atoms with Crippen LogP contribution in [0.25, 0.3) is 0 Å². The van der Waals surface area contributed by atoms with Crippen molar-refractivity contribution >= 4 is 11.9 Å². The first kappa shape index (κ1) is 10.8. The Morgan fingerprint density at radius 2 is 1.62 bits per heavy atom. The minimum absolute atomic E-state index is 0.947. The van der Waals surface area contributed by atoms with E-state index in [0.29, 0.717) is 0 Å². The molecule has 0 rings (SSSR count). The molecule has 0 aliphatic heterocycles. The van der Waals surface area contributed by atoms with Crippen molar-refractivity contribution in [3.8, 4) is 25.1 Å². The van der Waals surface area contributed by atoms with E-state index in [1.54, 1.807) is 12.2 Å². The van der Waals surface area contributed by atoms with Crippen molar-refractivity contribution in [3.05, 3.63) is 12.7 Å². The minimum atomic E-state index is -1.29. The number of hydrogen-bond acceptors (Lipinski definition) is 4. The van der Waals surface area contributed by atoms with Crippen LogP contribution in [0.3, 0.4) is 0 Å². The van der Waals surface area contributed by atoms with E-state index in [0.717, 1.165) is 6.08 Å². The third-order valence-corrected chi connectivity index (χ3v) is 1.06. The first-order valence-electron chi connectivity index (χ1n) is 3.12. The van der Waals surface area contributed by atoms with Gasteiger partial charge in [0.25, 0.3) is 0 Å². The molecule has 0 heterocycles. The molecule has 0 fully saturated rings. The van der Waals surface area contributed by atoms with Gasteiger partial charge >= 0.3 is 11.9 Å². The fourth-order valence-corrected chi connectivity index (χ4v) is 0.532. The zero-order chi connectivity index (χ0) is 10.3. The Bertz CT molecular complexity index is 275. The molecule has 0 radical (unpaired) electrons. The molecule has 4 nitrogen and oxygen atoms in total. The zero-order valence-electron chi connectivity index (χ0n) is 6.65. The maximum Gasteiger partial charge on any atom is 0.338 e. The van der Waals surface area contributed by atoms with Gasteiger partial charge in [0.1, 0.15) is 12.2 Å². The van der Waals surface area contributed by atoms with Crippen LogP contribution in [0.1, 0.15) is 0 Å². The molecule has 4 heteroatoms. The summed E-state index contributed by atoms with van der Waals surface area (Å²) in [5.41, 5.74) is 0. The number of carbonyl (C=O) groups excluding carboxylic acids is 2. The van der Waals surface area contributed by atoms with E-state index in [-0.39, 0.29) is 0 Å². The van der Waals surface area contributed by atoms with Crippen LogP contribution in [0.5, 0.6) is 0 Å². The highest BCUT2D eigenvalue weighted by atomic mass is 16.5. The van der Waals surface area contributed by atoms with E-state index in [9.17, 15) is 9.59 Å². The largest absolute Gasteiger partial charge is 0.372 e. The zero-order valence-corrected chi connectivity index (χ0v) is 6.65. The second-order valence-corrected chi connectivity index (χ2v) is 1.79. The molecule has 0 aromatic carbocycles. The van der Waals surface area contributed by atoms with E-state index < -0.39 is 17.9 Å².